The first-order chi connectivity index (χ1) is 27.7. The van der Waals surface area contributed by atoms with Crippen molar-refractivity contribution in [2.24, 2.45) is 0 Å². The van der Waals surface area contributed by atoms with Crippen LogP contribution in [0.15, 0.2) is 176 Å². The number of anilines is 3. The molecule has 0 atom stereocenters. The summed E-state index contributed by atoms with van der Waals surface area (Å²) >= 11 is 1.74. The minimum Gasteiger partial charge on any atom is -0.310 e. The number of para-hydroxylation sites is 4. The average Bonchev–Trinajstić information content (AvgIpc) is 3.66. The third kappa shape index (κ3) is 5.59. The van der Waals surface area contributed by atoms with Crippen LogP contribution in [-0.2, 0) is 0 Å². The maximum Gasteiger partial charge on any atom is 0.116 e. The molecule has 0 radical (unpaired) electrons. The molecule has 8 heteroatoms. The molecule has 0 aliphatic carbocycles. The number of thiophene rings is 1. The molecule has 7 aromatic carbocycles. The van der Waals surface area contributed by atoms with Crippen LogP contribution < -0.4 is 4.90 Å². The number of hydrogen-bond acceptors (Lipinski definition) is 8. The van der Waals surface area contributed by atoms with Gasteiger partial charge in [0.15, 0.2) is 0 Å². The van der Waals surface area contributed by atoms with Gasteiger partial charge in [0.25, 0.3) is 0 Å². The molecule has 0 N–H and O–H groups in total. The number of rotatable bonds is 6. The Hall–Kier alpha value is -7.42. The van der Waals surface area contributed by atoms with Gasteiger partial charge in [0, 0.05) is 43.8 Å². The maximum atomic E-state index is 4.89. The summed E-state index contributed by atoms with van der Waals surface area (Å²) in [4.78, 5) is 30.8. The molecule has 11 rings (SSSR count). The van der Waals surface area contributed by atoms with Crippen molar-refractivity contribution in [3.05, 3.63) is 176 Å². The molecule has 0 unspecified atom stereocenters. The van der Waals surface area contributed by atoms with Gasteiger partial charge in [-0.25, -0.2) is 19.9 Å². The lowest BCUT2D eigenvalue weighted by atomic mass is 10.0. The van der Waals surface area contributed by atoms with Gasteiger partial charge in [-0.05, 0) is 83.6 Å². The predicted octanol–water partition coefficient (Wildman–Crippen LogP) is 12.4. The van der Waals surface area contributed by atoms with E-state index in [0.717, 1.165) is 99.3 Å². The van der Waals surface area contributed by atoms with Crippen molar-refractivity contribution in [1.82, 2.24) is 29.9 Å². The Morgan fingerprint density at radius 2 is 0.964 bits per heavy atom. The minimum atomic E-state index is 0.834. The van der Waals surface area contributed by atoms with Crippen LogP contribution in [-0.4, -0.2) is 29.9 Å². The highest BCUT2D eigenvalue weighted by molar-refractivity contribution is 7.26. The van der Waals surface area contributed by atoms with E-state index in [1.165, 1.54) is 4.70 Å². The Morgan fingerprint density at radius 1 is 0.429 bits per heavy atom. The second kappa shape index (κ2) is 13.2. The zero-order chi connectivity index (χ0) is 37.0. The molecule has 7 nitrogen and oxygen atoms in total. The first kappa shape index (κ1) is 32.0. The normalized spacial score (nSPS) is 11.6. The van der Waals surface area contributed by atoms with Crippen LogP contribution in [0.2, 0.25) is 0 Å². The highest BCUT2D eigenvalue weighted by atomic mass is 32.1. The molecule has 4 aromatic heterocycles. The molecule has 262 valence electrons. The minimum absolute atomic E-state index is 0.834. The van der Waals surface area contributed by atoms with Crippen molar-refractivity contribution in [2.45, 2.75) is 0 Å². The summed E-state index contributed by atoms with van der Waals surface area (Å²) in [5, 5.41) is 3.43. The first-order valence-corrected chi connectivity index (χ1v) is 19.1. The molecule has 0 spiro atoms. The Kier molecular flexibility index (Phi) is 7.53. The molecule has 0 fully saturated rings. The lowest BCUT2D eigenvalue weighted by Gasteiger charge is -2.26. The molecule has 0 saturated carbocycles. The van der Waals surface area contributed by atoms with Crippen LogP contribution in [0.25, 0.3) is 86.9 Å². The van der Waals surface area contributed by atoms with Crippen LogP contribution in [0.4, 0.5) is 17.1 Å². The first-order valence-electron chi connectivity index (χ1n) is 18.3. The summed E-state index contributed by atoms with van der Waals surface area (Å²) in [7, 11) is 0. The number of hydrogen-bond donors (Lipinski definition) is 0. The molecular weight excluding hydrogens is 707 g/mol. The van der Waals surface area contributed by atoms with E-state index in [2.05, 4.69) is 129 Å². The molecule has 0 aliphatic rings. The van der Waals surface area contributed by atoms with Crippen molar-refractivity contribution in [3.63, 3.8) is 0 Å². The van der Waals surface area contributed by atoms with Gasteiger partial charge >= 0.3 is 0 Å². The summed E-state index contributed by atoms with van der Waals surface area (Å²) in [6, 6.07) is 54.6. The van der Waals surface area contributed by atoms with E-state index < -0.39 is 0 Å². The summed E-state index contributed by atoms with van der Waals surface area (Å²) in [5.41, 5.74) is 13.3. The molecule has 0 aliphatic heterocycles. The van der Waals surface area contributed by atoms with Gasteiger partial charge in [0.05, 0.1) is 61.8 Å². The third-order valence-electron chi connectivity index (χ3n) is 10.3. The average molecular weight is 736 g/mol. The van der Waals surface area contributed by atoms with Crippen LogP contribution in [0.5, 0.6) is 0 Å². The predicted molar refractivity (Wildman–Crippen MR) is 230 cm³/mol. The van der Waals surface area contributed by atoms with E-state index in [4.69, 9.17) is 15.0 Å². The van der Waals surface area contributed by atoms with Gasteiger partial charge in [0.2, 0.25) is 0 Å². The van der Waals surface area contributed by atoms with Crippen molar-refractivity contribution in [2.75, 3.05) is 4.90 Å². The van der Waals surface area contributed by atoms with Crippen molar-refractivity contribution < 1.29 is 0 Å². The second-order valence-corrected chi connectivity index (χ2v) is 14.7. The highest BCUT2D eigenvalue weighted by Crippen LogP contribution is 2.40. The van der Waals surface area contributed by atoms with Crippen LogP contribution in [0.1, 0.15) is 0 Å². The molecule has 11 aromatic rings. The molecule has 0 bridgehead atoms. The van der Waals surface area contributed by atoms with Gasteiger partial charge in [-0.1, -0.05) is 84.9 Å². The van der Waals surface area contributed by atoms with E-state index in [-0.39, 0.29) is 0 Å². The third-order valence-corrected chi connectivity index (χ3v) is 11.4. The van der Waals surface area contributed by atoms with E-state index in [1.807, 2.05) is 60.9 Å². The lowest BCUT2D eigenvalue weighted by Crippen LogP contribution is -2.10. The molecule has 0 saturated heterocycles. The second-order valence-electron chi connectivity index (χ2n) is 13.7. The van der Waals surface area contributed by atoms with Gasteiger partial charge < -0.3 is 4.90 Å². The molecule has 4 heterocycles. The number of nitrogens with zero attached hydrogens (tertiary/aromatic N) is 7. The Bertz CT molecular complexity index is 3150. The van der Waals surface area contributed by atoms with Crippen molar-refractivity contribution >= 4 is 81.5 Å². The fraction of sp³-hybridized carbons (Fsp3) is 0. The van der Waals surface area contributed by atoms with Crippen molar-refractivity contribution in [1.29, 1.82) is 0 Å². The van der Waals surface area contributed by atoms with Crippen LogP contribution in [0, 0.1) is 0 Å². The van der Waals surface area contributed by atoms with Crippen molar-refractivity contribution in [3.8, 4) is 33.8 Å². The van der Waals surface area contributed by atoms with E-state index in [0.29, 0.717) is 0 Å². The number of benzene rings is 7. The Balaban J connectivity index is 0.987. The van der Waals surface area contributed by atoms with Gasteiger partial charge in [-0.15, -0.1) is 11.3 Å². The van der Waals surface area contributed by atoms with E-state index >= 15 is 0 Å². The maximum absolute atomic E-state index is 4.89. The molecule has 0 amide bonds. The number of fused-ring (bicyclic) bond motifs is 6. The lowest BCUT2D eigenvalue weighted by molar-refractivity contribution is 1.24. The summed E-state index contributed by atoms with van der Waals surface area (Å²) < 4.78 is 2.32. The Labute approximate surface area is 325 Å². The monoisotopic (exact) mass is 735 g/mol. The quantitative estimate of drug-likeness (QED) is 0.168. The van der Waals surface area contributed by atoms with E-state index in [9.17, 15) is 0 Å². The highest BCUT2D eigenvalue weighted by Gasteiger charge is 2.17. The van der Waals surface area contributed by atoms with Crippen LogP contribution >= 0.6 is 11.3 Å². The summed E-state index contributed by atoms with van der Waals surface area (Å²) in [6.45, 7) is 0. The summed E-state index contributed by atoms with van der Waals surface area (Å²) in [6.07, 6.45) is 5.36. The SMILES string of the molecule is c1ccc2nc(-c3ccc(N(c4ccc(-c5cnc6ccccc6n5)cc4)c4ccc5cc(-c6ncnc7c6sc6ccccc67)ccc5c4)cc3)cnc2c1. The molecule has 56 heavy (non-hydrogen) atoms. The molecular formula is C48H29N7S. The van der Waals surface area contributed by atoms with Gasteiger partial charge in [-0.3, -0.25) is 9.97 Å². The zero-order valence-electron chi connectivity index (χ0n) is 29.8. The fourth-order valence-electron chi connectivity index (χ4n) is 7.45. The standard InChI is InChI=1S/C48H29N7S/c1-6-12-45-38(7-1)47-48(56-45)46(51-29-52-47)34-14-13-33-26-37(24-19-32(33)25-34)55(35-20-15-30(16-21-35)43-27-49-39-8-2-4-10-41(39)53-43)36-22-17-31(18-23-36)44-28-50-40-9-3-5-11-42(40)54-44/h1-29H. The fourth-order valence-corrected chi connectivity index (χ4v) is 8.62. The zero-order valence-corrected chi connectivity index (χ0v) is 30.6. The Morgan fingerprint density at radius 3 is 1.62 bits per heavy atom. The number of aromatic nitrogens is 6. The van der Waals surface area contributed by atoms with Gasteiger partial charge in [0.1, 0.15) is 6.33 Å². The van der Waals surface area contributed by atoms with Crippen LogP contribution in [0.3, 0.4) is 0 Å². The largest absolute Gasteiger partial charge is 0.310 e. The smallest absolute Gasteiger partial charge is 0.116 e. The topological polar surface area (TPSA) is 80.6 Å². The van der Waals surface area contributed by atoms with Gasteiger partial charge in [-0.2, -0.15) is 0 Å². The summed E-state index contributed by atoms with van der Waals surface area (Å²) in [5.74, 6) is 0. The van der Waals surface area contributed by atoms with E-state index in [1.54, 1.807) is 17.7 Å².